The van der Waals surface area contributed by atoms with E-state index in [1.165, 1.54) is 94.5 Å². The Bertz CT molecular complexity index is 2700. The van der Waals surface area contributed by atoms with Gasteiger partial charge in [0.25, 0.3) is 0 Å². The number of nitrogens with zero attached hydrogens (tertiary/aromatic N) is 1. The van der Waals surface area contributed by atoms with E-state index in [-0.39, 0.29) is 5.41 Å². The summed E-state index contributed by atoms with van der Waals surface area (Å²) in [7, 11) is 0. The van der Waals surface area contributed by atoms with Gasteiger partial charge in [-0.15, -0.1) is 11.3 Å². The van der Waals surface area contributed by atoms with Crippen LogP contribution in [0.4, 0.5) is 17.1 Å². The number of fused-ring (bicyclic) bond motifs is 8. The van der Waals surface area contributed by atoms with Gasteiger partial charge >= 0.3 is 0 Å². The van der Waals surface area contributed by atoms with Crippen LogP contribution in [-0.4, -0.2) is 0 Å². The third-order valence-corrected chi connectivity index (χ3v) is 13.6. The van der Waals surface area contributed by atoms with E-state index in [0.717, 1.165) is 12.1 Å². The van der Waals surface area contributed by atoms with E-state index in [2.05, 4.69) is 183 Å². The lowest BCUT2D eigenvalue weighted by molar-refractivity contribution is 0.248. The summed E-state index contributed by atoms with van der Waals surface area (Å²) in [6, 6.07) is 60.9. The van der Waals surface area contributed by atoms with Gasteiger partial charge in [0, 0.05) is 36.8 Å². The molecule has 8 aromatic rings. The van der Waals surface area contributed by atoms with Crippen molar-refractivity contribution in [1.29, 1.82) is 0 Å². The molecule has 2 heteroatoms. The van der Waals surface area contributed by atoms with Crippen LogP contribution in [0.5, 0.6) is 0 Å². The van der Waals surface area contributed by atoms with Crippen molar-refractivity contribution in [3.63, 3.8) is 0 Å². The number of rotatable bonds is 6. The molecule has 3 atom stereocenters. The van der Waals surface area contributed by atoms with Crippen LogP contribution in [0, 0.1) is 11.8 Å². The highest BCUT2D eigenvalue weighted by molar-refractivity contribution is 7.26. The molecule has 0 saturated heterocycles. The second kappa shape index (κ2) is 13.0. The van der Waals surface area contributed by atoms with Gasteiger partial charge < -0.3 is 4.90 Å². The number of hydrogen-bond acceptors (Lipinski definition) is 2. The van der Waals surface area contributed by atoms with E-state index < -0.39 is 0 Å². The lowest BCUT2D eigenvalue weighted by Gasteiger charge is -2.46. The molecule has 54 heavy (non-hydrogen) atoms. The Morgan fingerprint density at radius 2 is 1.31 bits per heavy atom. The van der Waals surface area contributed by atoms with Crippen LogP contribution in [0.3, 0.4) is 0 Å². The quantitative estimate of drug-likeness (QED) is 0.155. The Kier molecular flexibility index (Phi) is 7.93. The standard InChI is InChI=1S/C52H43NS/c1-4-36-30-34(2)52(35(3)31-36)45-22-13-11-20-41(45)42-28-27-40(33-46(42)52)53(48-23-15-25-50-51(48)43-21-12-14-24-49(43)54-50)47-29-26-39(37-16-7-5-8-17-37)32-44(47)38-18-9-6-10-19-38/h5-29,32-33,35-36H,2,4,30-31H2,1,3H3. The summed E-state index contributed by atoms with van der Waals surface area (Å²) in [6.07, 6.45) is 3.47. The molecule has 262 valence electrons. The van der Waals surface area contributed by atoms with Gasteiger partial charge in [0.2, 0.25) is 0 Å². The Labute approximate surface area is 322 Å². The average Bonchev–Trinajstić information content (AvgIpc) is 3.75. The van der Waals surface area contributed by atoms with E-state index >= 15 is 0 Å². The Balaban J connectivity index is 1.27. The molecule has 10 rings (SSSR count). The number of anilines is 3. The smallest absolute Gasteiger partial charge is 0.0555 e. The van der Waals surface area contributed by atoms with Crippen molar-refractivity contribution < 1.29 is 0 Å². The first kappa shape index (κ1) is 32.9. The van der Waals surface area contributed by atoms with Gasteiger partial charge in [0.15, 0.2) is 0 Å². The maximum atomic E-state index is 4.93. The highest BCUT2D eigenvalue weighted by Gasteiger charge is 2.51. The number of benzene rings is 7. The first-order valence-electron chi connectivity index (χ1n) is 19.4. The van der Waals surface area contributed by atoms with Gasteiger partial charge in [-0.25, -0.2) is 0 Å². The summed E-state index contributed by atoms with van der Waals surface area (Å²) < 4.78 is 2.61. The van der Waals surface area contributed by atoms with E-state index in [1.54, 1.807) is 0 Å². The molecule has 1 fully saturated rings. The summed E-state index contributed by atoms with van der Waals surface area (Å²) in [5, 5.41) is 2.59. The van der Waals surface area contributed by atoms with Crippen LogP contribution in [0.1, 0.15) is 44.2 Å². The molecular formula is C52H43NS. The third kappa shape index (κ3) is 4.97. The number of allylic oxidation sites excluding steroid dienone is 1. The Morgan fingerprint density at radius 1 is 0.611 bits per heavy atom. The molecule has 0 N–H and O–H groups in total. The second-order valence-electron chi connectivity index (χ2n) is 15.4. The lowest BCUT2D eigenvalue weighted by atomic mass is 9.57. The third-order valence-electron chi connectivity index (χ3n) is 12.5. The largest absolute Gasteiger partial charge is 0.309 e. The fraction of sp³-hybridized carbons (Fsp3) is 0.154. The zero-order valence-corrected chi connectivity index (χ0v) is 31.7. The molecule has 1 heterocycles. The molecule has 1 nitrogen and oxygen atoms in total. The summed E-state index contributed by atoms with van der Waals surface area (Å²) >= 11 is 1.88. The van der Waals surface area contributed by atoms with Gasteiger partial charge in [-0.1, -0.05) is 154 Å². The van der Waals surface area contributed by atoms with Crippen molar-refractivity contribution >= 4 is 48.6 Å². The summed E-state index contributed by atoms with van der Waals surface area (Å²) in [4.78, 5) is 2.56. The van der Waals surface area contributed by atoms with Crippen molar-refractivity contribution in [1.82, 2.24) is 0 Å². The van der Waals surface area contributed by atoms with Crippen molar-refractivity contribution in [3.8, 4) is 33.4 Å². The van der Waals surface area contributed by atoms with Gasteiger partial charge in [0.1, 0.15) is 0 Å². The minimum absolute atomic E-state index is 0.222. The maximum absolute atomic E-state index is 4.93. The molecule has 0 amide bonds. The van der Waals surface area contributed by atoms with E-state index in [9.17, 15) is 0 Å². The minimum Gasteiger partial charge on any atom is -0.309 e. The zero-order valence-electron chi connectivity index (χ0n) is 30.9. The van der Waals surface area contributed by atoms with Crippen LogP contribution in [-0.2, 0) is 5.41 Å². The van der Waals surface area contributed by atoms with Gasteiger partial charge in [-0.3, -0.25) is 0 Å². The first-order valence-corrected chi connectivity index (χ1v) is 20.3. The van der Waals surface area contributed by atoms with Crippen molar-refractivity contribution in [2.45, 2.75) is 38.5 Å². The highest BCUT2D eigenvalue weighted by Crippen LogP contribution is 2.62. The SMILES string of the molecule is C=C1CC(CC)CC(C)C12c1ccccc1-c1ccc(N(c3ccc(-c4ccccc4)cc3-c3ccccc3)c3cccc4sc5ccccc5c34)cc12. The lowest BCUT2D eigenvalue weighted by Crippen LogP contribution is -2.40. The van der Waals surface area contributed by atoms with Gasteiger partial charge in [-0.05, 0) is 106 Å². The van der Waals surface area contributed by atoms with Gasteiger partial charge in [0.05, 0.1) is 11.4 Å². The molecule has 0 bridgehead atoms. The molecule has 0 aliphatic heterocycles. The number of hydrogen-bond donors (Lipinski definition) is 0. The number of thiophene rings is 1. The summed E-state index contributed by atoms with van der Waals surface area (Å²) in [5.74, 6) is 1.11. The van der Waals surface area contributed by atoms with Crippen molar-refractivity contribution in [2.24, 2.45) is 11.8 Å². The Hall–Kier alpha value is -5.70. The molecule has 3 unspecified atom stereocenters. The Morgan fingerprint density at radius 3 is 2.11 bits per heavy atom. The monoisotopic (exact) mass is 713 g/mol. The fourth-order valence-electron chi connectivity index (χ4n) is 10.0. The van der Waals surface area contributed by atoms with Gasteiger partial charge in [-0.2, -0.15) is 0 Å². The minimum atomic E-state index is -0.222. The zero-order chi connectivity index (χ0) is 36.4. The van der Waals surface area contributed by atoms with E-state index in [1.807, 2.05) is 11.3 Å². The molecular weight excluding hydrogens is 671 g/mol. The molecule has 2 aliphatic rings. The predicted molar refractivity (Wildman–Crippen MR) is 232 cm³/mol. The van der Waals surface area contributed by atoms with Crippen LogP contribution in [0.15, 0.2) is 176 Å². The predicted octanol–water partition coefficient (Wildman–Crippen LogP) is 15.1. The normalized spacial score (nSPS) is 19.0. The van der Waals surface area contributed by atoms with Crippen molar-refractivity contribution in [3.05, 3.63) is 187 Å². The molecule has 2 aliphatic carbocycles. The van der Waals surface area contributed by atoms with E-state index in [4.69, 9.17) is 6.58 Å². The molecule has 1 aromatic heterocycles. The fourth-order valence-corrected chi connectivity index (χ4v) is 11.1. The first-order chi connectivity index (χ1) is 26.6. The van der Waals surface area contributed by atoms with E-state index in [0.29, 0.717) is 11.8 Å². The molecule has 1 saturated carbocycles. The summed E-state index contributed by atoms with van der Waals surface area (Å²) in [5.41, 5.74) is 15.0. The summed E-state index contributed by atoms with van der Waals surface area (Å²) in [6.45, 7) is 9.76. The topological polar surface area (TPSA) is 3.24 Å². The van der Waals surface area contributed by atoms with Crippen LogP contribution in [0.25, 0.3) is 53.6 Å². The molecule has 7 aromatic carbocycles. The maximum Gasteiger partial charge on any atom is 0.0555 e. The van der Waals surface area contributed by atoms with Crippen LogP contribution < -0.4 is 4.90 Å². The highest BCUT2D eigenvalue weighted by atomic mass is 32.1. The average molecular weight is 714 g/mol. The molecule has 1 spiro atoms. The van der Waals surface area contributed by atoms with Crippen LogP contribution >= 0.6 is 11.3 Å². The molecule has 0 radical (unpaired) electrons. The second-order valence-corrected chi connectivity index (χ2v) is 16.4. The van der Waals surface area contributed by atoms with Crippen molar-refractivity contribution in [2.75, 3.05) is 4.90 Å². The van der Waals surface area contributed by atoms with Crippen LogP contribution in [0.2, 0.25) is 0 Å².